The van der Waals surface area contributed by atoms with Crippen LogP contribution in [-0.4, -0.2) is 16.9 Å². The van der Waals surface area contributed by atoms with Crippen molar-refractivity contribution in [1.29, 1.82) is 0 Å². The predicted molar refractivity (Wildman–Crippen MR) is 96.3 cm³/mol. The number of hydrogen-bond donors (Lipinski definition) is 0. The molecule has 0 amide bonds. The smallest absolute Gasteiger partial charge is 0.0672 e. The fourth-order valence-electron chi connectivity index (χ4n) is 1.69. The number of benzene rings is 2. The average Bonchev–Trinajstić information content (AvgIpc) is 2.44. The topological polar surface area (TPSA) is 56.2 Å². The molecule has 5 heteroatoms. The molecule has 0 radical (unpaired) electrons. The van der Waals surface area contributed by atoms with Crippen molar-refractivity contribution in [2.75, 3.05) is 0 Å². The molecule has 0 bridgehead atoms. The summed E-state index contributed by atoms with van der Waals surface area (Å²) in [5.41, 5.74) is 3.90. The molecule has 0 aromatic heterocycles. The van der Waals surface area contributed by atoms with Crippen LogP contribution in [0, 0.1) is 0 Å². The summed E-state index contributed by atoms with van der Waals surface area (Å²) in [6, 6.07) is 16.1. The standard InChI is InChI=1S/C16H14Br2N2.H2O/c1-11(13-5-3-7-15(17)9-13)19-20-12(2)14-6-4-8-16(18)10-14;/h3-10H,1-2H3;1H2. The minimum atomic E-state index is 0. The van der Waals surface area contributed by atoms with E-state index in [1.165, 1.54) is 0 Å². The lowest BCUT2D eigenvalue weighted by Crippen LogP contribution is -1.97. The summed E-state index contributed by atoms with van der Waals surface area (Å²) in [7, 11) is 0. The van der Waals surface area contributed by atoms with Crippen LogP contribution in [0.15, 0.2) is 67.7 Å². The maximum absolute atomic E-state index is 4.31. The maximum atomic E-state index is 4.31. The molecule has 0 saturated heterocycles. The first-order chi connectivity index (χ1) is 9.56. The Balaban J connectivity index is 0.00000220. The van der Waals surface area contributed by atoms with Crippen LogP contribution in [-0.2, 0) is 0 Å². The van der Waals surface area contributed by atoms with Crippen LogP contribution in [0.1, 0.15) is 25.0 Å². The van der Waals surface area contributed by atoms with Gasteiger partial charge in [0.25, 0.3) is 0 Å². The molecular formula is C16H16Br2N2O. The van der Waals surface area contributed by atoms with Gasteiger partial charge in [0.2, 0.25) is 0 Å². The van der Waals surface area contributed by atoms with Gasteiger partial charge >= 0.3 is 0 Å². The Morgan fingerprint density at radius 2 is 1.14 bits per heavy atom. The molecule has 2 N–H and O–H groups in total. The second-order valence-corrected chi connectivity index (χ2v) is 6.22. The number of halogens is 2. The highest BCUT2D eigenvalue weighted by molar-refractivity contribution is 9.10. The lowest BCUT2D eigenvalue weighted by molar-refractivity contribution is 0.824. The van der Waals surface area contributed by atoms with Gasteiger partial charge < -0.3 is 5.48 Å². The Hall–Kier alpha value is -1.30. The Kier molecular flexibility index (Phi) is 6.95. The van der Waals surface area contributed by atoms with Gasteiger partial charge in [0, 0.05) is 8.95 Å². The van der Waals surface area contributed by atoms with Gasteiger partial charge in [0.1, 0.15) is 0 Å². The third kappa shape index (κ3) is 5.19. The number of hydrogen-bond acceptors (Lipinski definition) is 2. The van der Waals surface area contributed by atoms with Gasteiger partial charge in [-0.1, -0.05) is 56.1 Å². The molecule has 3 nitrogen and oxygen atoms in total. The summed E-state index contributed by atoms with van der Waals surface area (Å²) >= 11 is 6.92. The molecule has 0 saturated carbocycles. The van der Waals surface area contributed by atoms with Gasteiger partial charge in [-0.25, -0.2) is 0 Å². The highest BCUT2D eigenvalue weighted by Crippen LogP contribution is 2.14. The second kappa shape index (κ2) is 8.22. The van der Waals surface area contributed by atoms with Crippen LogP contribution >= 0.6 is 31.9 Å². The molecule has 0 unspecified atom stereocenters. The minimum absolute atomic E-state index is 0. The quantitative estimate of drug-likeness (QED) is 0.522. The molecule has 2 rings (SSSR count). The van der Waals surface area contributed by atoms with Gasteiger partial charge in [-0.15, -0.1) is 0 Å². The molecule has 110 valence electrons. The van der Waals surface area contributed by atoms with Crippen molar-refractivity contribution < 1.29 is 5.48 Å². The summed E-state index contributed by atoms with van der Waals surface area (Å²) in [5, 5.41) is 8.62. The molecule has 0 aliphatic carbocycles. The van der Waals surface area contributed by atoms with E-state index in [1.807, 2.05) is 62.4 Å². The van der Waals surface area contributed by atoms with Gasteiger partial charge in [0.05, 0.1) is 11.4 Å². The van der Waals surface area contributed by atoms with Gasteiger partial charge in [-0.05, 0) is 49.2 Å². The third-order valence-electron chi connectivity index (χ3n) is 2.83. The Morgan fingerprint density at radius 3 is 1.48 bits per heavy atom. The lowest BCUT2D eigenvalue weighted by atomic mass is 10.1. The van der Waals surface area contributed by atoms with Crippen molar-refractivity contribution in [1.82, 2.24) is 0 Å². The van der Waals surface area contributed by atoms with Crippen molar-refractivity contribution in [2.24, 2.45) is 10.2 Å². The Morgan fingerprint density at radius 1 is 0.762 bits per heavy atom. The average molecular weight is 412 g/mol. The van der Waals surface area contributed by atoms with E-state index in [-0.39, 0.29) is 5.48 Å². The van der Waals surface area contributed by atoms with E-state index in [0.29, 0.717) is 0 Å². The molecule has 21 heavy (non-hydrogen) atoms. The van der Waals surface area contributed by atoms with Crippen LogP contribution in [0.5, 0.6) is 0 Å². The third-order valence-corrected chi connectivity index (χ3v) is 3.82. The van der Waals surface area contributed by atoms with Crippen molar-refractivity contribution in [3.8, 4) is 0 Å². The molecule has 0 aliphatic heterocycles. The Bertz CT molecular complexity index is 622. The predicted octanol–water partition coefficient (Wildman–Crippen LogP) is 4.62. The molecule has 0 atom stereocenters. The molecule has 2 aromatic rings. The second-order valence-electron chi connectivity index (χ2n) is 4.39. The number of rotatable bonds is 3. The highest BCUT2D eigenvalue weighted by Gasteiger charge is 2.00. The summed E-state index contributed by atoms with van der Waals surface area (Å²) in [6.07, 6.45) is 0. The lowest BCUT2D eigenvalue weighted by Gasteiger charge is -2.01. The summed E-state index contributed by atoms with van der Waals surface area (Å²) in [6.45, 7) is 3.92. The summed E-state index contributed by atoms with van der Waals surface area (Å²) < 4.78 is 2.08. The first-order valence-corrected chi connectivity index (χ1v) is 7.75. The first kappa shape index (κ1) is 17.8. The van der Waals surface area contributed by atoms with E-state index in [1.54, 1.807) is 0 Å². The zero-order chi connectivity index (χ0) is 14.5. The van der Waals surface area contributed by atoms with Gasteiger partial charge in [-0.3, -0.25) is 0 Å². The largest absolute Gasteiger partial charge is 0.412 e. The van der Waals surface area contributed by atoms with Crippen LogP contribution in [0.25, 0.3) is 0 Å². The van der Waals surface area contributed by atoms with E-state index < -0.39 is 0 Å². The minimum Gasteiger partial charge on any atom is -0.412 e. The fraction of sp³-hybridized carbons (Fsp3) is 0.125. The van der Waals surface area contributed by atoms with Crippen LogP contribution in [0.2, 0.25) is 0 Å². The van der Waals surface area contributed by atoms with E-state index in [4.69, 9.17) is 0 Å². The molecular weight excluding hydrogens is 396 g/mol. The van der Waals surface area contributed by atoms with Crippen molar-refractivity contribution >= 4 is 43.3 Å². The SMILES string of the molecule is CC(=NN=C(C)c1cccc(Br)c1)c1cccc(Br)c1.O. The fourth-order valence-corrected chi connectivity index (χ4v) is 2.49. The maximum Gasteiger partial charge on any atom is 0.0672 e. The number of nitrogens with zero attached hydrogens (tertiary/aromatic N) is 2. The van der Waals surface area contributed by atoms with Crippen molar-refractivity contribution in [3.63, 3.8) is 0 Å². The molecule has 0 fully saturated rings. The van der Waals surface area contributed by atoms with Gasteiger partial charge in [-0.2, -0.15) is 10.2 Å². The zero-order valence-electron chi connectivity index (χ0n) is 11.8. The molecule has 0 spiro atoms. The summed E-state index contributed by atoms with van der Waals surface area (Å²) in [4.78, 5) is 0. The van der Waals surface area contributed by atoms with E-state index >= 15 is 0 Å². The van der Waals surface area contributed by atoms with Crippen LogP contribution in [0.4, 0.5) is 0 Å². The van der Waals surface area contributed by atoms with E-state index in [9.17, 15) is 0 Å². The van der Waals surface area contributed by atoms with Crippen LogP contribution in [0.3, 0.4) is 0 Å². The Labute approximate surface area is 141 Å². The molecule has 2 aromatic carbocycles. The van der Waals surface area contributed by atoms with Crippen molar-refractivity contribution in [2.45, 2.75) is 13.8 Å². The molecule has 0 aliphatic rings. The monoisotopic (exact) mass is 410 g/mol. The van der Waals surface area contributed by atoms with Crippen LogP contribution < -0.4 is 0 Å². The van der Waals surface area contributed by atoms with E-state index in [2.05, 4.69) is 42.1 Å². The normalized spacial score (nSPS) is 12.0. The first-order valence-electron chi connectivity index (χ1n) is 6.17. The van der Waals surface area contributed by atoms with Gasteiger partial charge in [0.15, 0.2) is 0 Å². The van der Waals surface area contributed by atoms with E-state index in [0.717, 1.165) is 31.5 Å². The highest BCUT2D eigenvalue weighted by atomic mass is 79.9. The van der Waals surface area contributed by atoms with Crippen molar-refractivity contribution in [3.05, 3.63) is 68.6 Å². The zero-order valence-corrected chi connectivity index (χ0v) is 14.9. The summed E-state index contributed by atoms with van der Waals surface area (Å²) in [5.74, 6) is 0. The molecule has 0 heterocycles.